The minimum atomic E-state index is 0.0635. The van der Waals surface area contributed by atoms with Crippen molar-refractivity contribution in [3.05, 3.63) is 53.7 Å². The first kappa shape index (κ1) is 11.0. The molecule has 0 aliphatic heterocycles. The molecule has 2 aromatic carbocycles. The van der Waals surface area contributed by atoms with E-state index in [4.69, 9.17) is 11.6 Å². The number of hydrogen-bond donors (Lipinski definition) is 1. The highest BCUT2D eigenvalue weighted by molar-refractivity contribution is 6.32. The maximum Gasteiger partial charge on any atom is 0.134 e. The van der Waals surface area contributed by atoms with Crippen molar-refractivity contribution < 1.29 is 5.11 Å². The number of halogens is 1. The van der Waals surface area contributed by atoms with E-state index in [0.29, 0.717) is 5.02 Å². The summed E-state index contributed by atoms with van der Waals surface area (Å²) in [5.74, 6) is 0.0635. The summed E-state index contributed by atoms with van der Waals surface area (Å²) in [6, 6.07) is 12.9. The van der Waals surface area contributed by atoms with Crippen LogP contribution in [0.3, 0.4) is 0 Å². The molecule has 4 heteroatoms. The lowest BCUT2D eigenvalue weighted by Gasteiger charge is -2.05. The number of rotatable bonds is 1. The quantitative estimate of drug-likeness (QED) is 0.723. The standard InChI is InChI=1S/C14H9ClN2O/c15-12-7-9(5-6-13(12)18)14-11-4-2-1-3-10(11)8-16-17-14/h1-8,18H. The van der Waals surface area contributed by atoms with Crippen LogP contribution in [0.25, 0.3) is 22.0 Å². The summed E-state index contributed by atoms with van der Waals surface area (Å²) in [4.78, 5) is 0. The monoisotopic (exact) mass is 256 g/mol. The highest BCUT2D eigenvalue weighted by Gasteiger charge is 2.08. The van der Waals surface area contributed by atoms with Gasteiger partial charge in [-0.2, -0.15) is 5.10 Å². The highest BCUT2D eigenvalue weighted by atomic mass is 35.5. The molecule has 18 heavy (non-hydrogen) atoms. The molecule has 3 nitrogen and oxygen atoms in total. The smallest absolute Gasteiger partial charge is 0.134 e. The Morgan fingerprint density at radius 2 is 1.89 bits per heavy atom. The third kappa shape index (κ3) is 1.79. The number of aromatic nitrogens is 2. The molecule has 0 fully saturated rings. The minimum absolute atomic E-state index is 0.0635. The van der Waals surface area contributed by atoms with Crippen molar-refractivity contribution in [2.24, 2.45) is 0 Å². The van der Waals surface area contributed by atoms with E-state index in [9.17, 15) is 5.11 Å². The Kier molecular flexibility index (Phi) is 2.61. The van der Waals surface area contributed by atoms with Crippen molar-refractivity contribution in [3.8, 4) is 17.0 Å². The van der Waals surface area contributed by atoms with Crippen LogP contribution in [0.5, 0.6) is 5.75 Å². The van der Waals surface area contributed by atoms with Gasteiger partial charge in [0.15, 0.2) is 0 Å². The van der Waals surface area contributed by atoms with Crippen molar-refractivity contribution in [1.82, 2.24) is 10.2 Å². The zero-order valence-corrected chi connectivity index (χ0v) is 10.1. The molecule has 0 saturated carbocycles. The van der Waals surface area contributed by atoms with Crippen LogP contribution in [0.2, 0.25) is 5.02 Å². The Morgan fingerprint density at radius 1 is 1.06 bits per heavy atom. The molecule has 0 aliphatic carbocycles. The molecule has 88 valence electrons. The SMILES string of the molecule is Oc1ccc(-c2nncc3ccccc23)cc1Cl. The first-order valence-corrected chi connectivity index (χ1v) is 5.83. The molecule has 3 rings (SSSR count). The van der Waals surface area contributed by atoms with E-state index < -0.39 is 0 Å². The maximum absolute atomic E-state index is 9.44. The summed E-state index contributed by atoms with van der Waals surface area (Å²) in [7, 11) is 0. The fourth-order valence-electron chi connectivity index (χ4n) is 1.90. The van der Waals surface area contributed by atoms with E-state index in [1.165, 1.54) is 0 Å². The first-order chi connectivity index (χ1) is 8.75. The van der Waals surface area contributed by atoms with Crippen molar-refractivity contribution in [3.63, 3.8) is 0 Å². The van der Waals surface area contributed by atoms with E-state index >= 15 is 0 Å². The molecule has 0 radical (unpaired) electrons. The highest BCUT2D eigenvalue weighted by Crippen LogP contribution is 2.31. The van der Waals surface area contributed by atoms with Crippen LogP contribution < -0.4 is 0 Å². The normalized spacial score (nSPS) is 10.7. The predicted octanol–water partition coefficient (Wildman–Crippen LogP) is 3.66. The van der Waals surface area contributed by atoms with Gasteiger partial charge in [-0.3, -0.25) is 0 Å². The van der Waals surface area contributed by atoms with Crippen molar-refractivity contribution >= 4 is 22.4 Å². The fourth-order valence-corrected chi connectivity index (χ4v) is 2.08. The summed E-state index contributed by atoms with van der Waals surface area (Å²) in [6.45, 7) is 0. The lowest BCUT2D eigenvalue weighted by atomic mass is 10.1. The van der Waals surface area contributed by atoms with E-state index in [1.54, 1.807) is 24.4 Å². The van der Waals surface area contributed by atoms with Gasteiger partial charge in [0, 0.05) is 16.3 Å². The molecule has 0 saturated heterocycles. The van der Waals surface area contributed by atoms with Gasteiger partial charge in [0.2, 0.25) is 0 Å². The number of fused-ring (bicyclic) bond motifs is 1. The summed E-state index contributed by atoms with van der Waals surface area (Å²) in [6.07, 6.45) is 1.72. The number of nitrogens with zero attached hydrogens (tertiary/aromatic N) is 2. The zero-order valence-electron chi connectivity index (χ0n) is 9.34. The van der Waals surface area contributed by atoms with Crippen molar-refractivity contribution in [2.75, 3.05) is 0 Å². The Labute approximate surface area is 109 Å². The largest absolute Gasteiger partial charge is 0.506 e. The average Bonchev–Trinajstić information content (AvgIpc) is 2.41. The van der Waals surface area contributed by atoms with Crippen LogP contribution in [0, 0.1) is 0 Å². The molecule has 1 aromatic heterocycles. The topological polar surface area (TPSA) is 46.0 Å². The molecule has 1 N–H and O–H groups in total. The van der Waals surface area contributed by atoms with Gasteiger partial charge in [-0.1, -0.05) is 35.9 Å². The molecule has 1 heterocycles. The molecule has 0 amide bonds. The van der Waals surface area contributed by atoms with Crippen molar-refractivity contribution in [2.45, 2.75) is 0 Å². The summed E-state index contributed by atoms with van der Waals surface area (Å²) in [5.41, 5.74) is 1.59. The Bertz CT molecular complexity index is 723. The minimum Gasteiger partial charge on any atom is -0.506 e. The van der Waals surface area contributed by atoms with Crippen molar-refractivity contribution in [1.29, 1.82) is 0 Å². The van der Waals surface area contributed by atoms with Gasteiger partial charge in [0.1, 0.15) is 11.4 Å². The summed E-state index contributed by atoms with van der Waals surface area (Å²) < 4.78 is 0. The Balaban J connectivity index is 2.28. The Morgan fingerprint density at radius 3 is 2.72 bits per heavy atom. The zero-order chi connectivity index (χ0) is 12.5. The number of phenolic OH excluding ortho intramolecular Hbond substituents is 1. The van der Waals surface area contributed by atoms with Gasteiger partial charge in [-0.15, -0.1) is 5.10 Å². The third-order valence-electron chi connectivity index (χ3n) is 2.79. The van der Waals surface area contributed by atoms with Gasteiger partial charge < -0.3 is 5.11 Å². The van der Waals surface area contributed by atoms with Crippen LogP contribution in [-0.2, 0) is 0 Å². The lowest BCUT2D eigenvalue weighted by molar-refractivity contribution is 0.475. The van der Waals surface area contributed by atoms with E-state index in [0.717, 1.165) is 22.0 Å². The predicted molar refractivity (Wildman–Crippen MR) is 71.6 cm³/mol. The maximum atomic E-state index is 9.44. The average molecular weight is 257 g/mol. The molecule has 0 bridgehead atoms. The summed E-state index contributed by atoms with van der Waals surface area (Å²) >= 11 is 5.92. The third-order valence-corrected chi connectivity index (χ3v) is 3.09. The molecule has 0 atom stereocenters. The number of hydrogen-bond acceptors (Lipinski definition) is 3. The van der Waals surface area contributed by atoms with Crippen LogP contribution in [0.15, 0.2) is 48.7 Å². The van der Waals surface area contributed by atoms with Gasteiger partial charge in [-0.05, 0) is 18.2 Å². The molecule has 0 aliphatic rings. The second-order valence-electron chi connectivity index (χ2n) is 3.95. The van der Waals surface area contributed by atoms with E-state index in [-0.39, 0.29) is 5.75 Å². The number of aromatic hydroxyl groups is 1. The number of phenols is 1. The van der Waals surface area contributed by atoms with Gasteiger partial charge in [0.25, 0.3) is 0 Å². The molecular weight excluding hydrogens is 248 g/mol. The lowest BCUT2D eigenvalue weighted by Crippen LogP contribution is -1.89. The molecule has 0 unspecified atom stereocenters. The fraction of sp³-hybridized carbons (Fsp3) is 0. The van der Waals surface area contributed by atoms with Gasteiger partial charge in [0.05, 0.1) is 11.2 Å². The molecule has 0 spiro atoms. The van der Waals surface area contributed by atoms with Crippen LogP contribution in [0.1, 0.15) is 0 Å². The molecular formula is C14H9ClN2O. The molecule has 3 aromatic rings. The Hall–Kier alpha value is -2.13. The summed E-state index contributed by atoms with van der Waals surface area (Å²) in [5, 5.41) is 19.9. The van der Waals surface area contributed by atoms with E-state index in [1.807, 2.05) is 24.3 Å². The van der Waals surface area contributed by atoms with Crippen LogP contribution in [0.4, 0.5) is 0 Å². The van der Waals surface area contributed by atoms with Gasteiger partial charge >= 0.3 is 0 Å². The second kappa shape index (κ2) is 4.27. The van der Waals surface area contributed by atoms with Gasteiger partial charge in [-0.25, -0.2) is 0 Å². The van der Waals surface area contributed by atoms with Crippen LogP contribution in [-0.4, -0.2) is 15.3 Å². The first-order valence-electron chi connectivity index (χ1n) is 5.45. The van der Waals surface area contributed by atoms with E-state index in [2.05, 4.69) is 10.2 Å². The second-order valence-corrected chi connectivity index (χ2v) is 4.35. The van der Waals surface area contributed by atoms with Crippen LogP contribution >= 0.6 is 11.6 Å². The number of benzene rings is 2.